The number of hydrogen-bond acceptors (Lipinski definition) is 2. The molecule has 1 N–H and O–H groups in total. The van der Waals surface area contributed by atoms with Gasteiger partial charge in [0, 0.05) is 0 Å². The van der Waals surface area contributed by atoms with Gasteiger partial charge in [0.25, 0.3) is 0 Å². The molecule has 0 aliphatic heterocycles. The van der Waals surface area contributed by atoms with Crippen LogP contribution >= 0.6 is 23.2 Å². The van der Waals surface area contributed by atoms with Gasteiger partial charge < -0.3 is 5.32 Å². The van der Waals surface area contributed by atoms with E-state index >= 15 is 0 Å². The predicted molar refractivity (Wildman–Crippen MR) is 43.9 cm³/mol. The molecule has 0 atom stereocenters. The van der Waals surface area contributed by atoms with Gasteiger partial charge in [-0.1, -0.05) is 23.2 Å². The number of hydrogen-bond donors (Lipinski definition) is 1. The molecule has 1 rings (SSSR count). The molecule has 58 valence electrons. The van der Waals surface area contributed by atoms with Gasteiger partial charge in [-0.2, -0.15) is 0 Å². The fourth-order valence-corrected chi connectivity index (χ4v) is 0.883. The van der Waals surface area contributed by atoms with Crippen LogP contribution in [0.3, 0.4) is 0 Å². The fraction of sp³-hybridized carbons (Fsp3) is 0. The fourth-order valence-electron chi connectivity index (χ4n) is 0.575. The van der Waals surface area contributed by atoms with E-state index in [1.54, 1.807) is 12.1 Å². The van der Waals surface area contributed by atoms with E-state index in [1.807, 2.05) is 0 Å². The van der Waals surface area contributed by atoms with Gasteiger partial charge in [0.05, 0.1) is 5.02 Å². The highest BCUT2D eigenvalue weighted by atomic mass is 35.5. The van der Waals surface area contributed by atoms with E-state index in [2.05, 4.69) is 10.3 Å². The van der Waals surface area contributed by atoms with Crippen molar-refractivity contribution in [1.82, 2.24) is 4.98 Å². The molecule has 0 unspecified atom stereocenters. The Morgan fingerprint density at radius 1 is 1.45 bits per heavy atom. The summed E-state index contributed by atoms with van der Waals surface area (Å²) in [6.07, 6.45) is 0.491. The minimum absolute atomic E-state index is 0.272. The van der Waals surface area contributed by atoms with Crippen molar-refractivity contribution in [2.45, 2.75) is 0 Å². The number of carbonyl (C=O) groups is 1. The van der Waals surface area contributed by atoms with E-state index < -0.39 is 0 Å². The molecule has 0 saturated heterocycles. The zero-order chi connectivity index (χ0) is 8.27. The van der Waals surface area contributed by atoms with Crippen molar-refractivity contribution < 1.29 is 4.79 Å². The standard InChI is InChI=1S/C6H4Cl2N2O/c7-4-1-2-5(8)10-6(4)9-3-11/h1-3H,(H,9,10,11). The number of halogens is 2. The van der Waals surface area contributed by atoms with Crippen molar-refractivity contribution in [2.24, 2.45) is 0 Å². The first-order valence-electron chi connectivity index (χ1n) is 2.76. The average Bonchev–Trinajstić information content (AvgIpc) is 1.98. The Balaban J connectivity index is 3.01. The number of anilines is 1. The Morgan fingerprint density at radius 2 is 2.18 bits per heavy atom. The van der Waals surface area contributed by atoms with Crippen molar-refractivity contribution in [1.29, 1.82) is 0 Å². The Hall–Kier alpha value is -0.800. The molecule has 1 aromatic rings. The summed E-state index contributed by atoms with van der Waals surface area (Å²) in [7, 11) is 0. The molecule has 0 aromatic carbocycles. The predicted octanol–water partition coefficient (Wildman–Crippen LogP) is 1.96. The number of carbonyl (C=O) groups excluding carboxylic acids is 1. The van der Waals surface area contributed by atoms with Crippen LogP contribution in [0.1, 0.15) is 0 Å². The van der Waals surface area contributed by atoms with E-state index in [4.69, 9.17) is 23.2 Å². The van der Waals surface area contributed by atoms with Gasteiger partial charge in [0.1, 0.15) is 5.15 Å². The minimum atomic E-state index is 0.272. The van der Waals surface area contributed by atoms with Crippen molar-refractivity contribution in [3.63, 3.8) is 0 Å². The van der Waals surface area contributed by atoms with E-state index in [0.717, 1.165) is 0 Å². The van der Waals surface area contributed by atoms with Crippen LogP contribution in [0.4, 0.5) is 5.82 Å². The van der Waals surface area contributed by atoms with Gasteiger partial charge in [0.15, 0.2) is 5.82 Å². The highest BCUT2D eigenvalue weighted by molar-refractivity contribution is 6.34. The summed E-state index contributed by atoms with van der Waals surface area (Å²) in [5, 5.41) is 2.96. The highest BCUT2D eigenvalue weighted by Gasteiger charge is 2.00. The zero-order valence-corrected chi connectivity index (χ0v) is 6.86. The molecule has 1 amide bonds. The second-order valence-electron chi connectivity index (χ2n) is 1.73. The minimum Gasteiger partial charge on any atom is -0.312 e. The van der Waals surface area contributed by atoms with E-state index in [9.17, 15) is 4.79 Å². The summed E-state index contributed by atoms with van der Waals surface area (Å²) in [4.78, 5) is 13.7. The topological polar surface area (TPSA) is 42.0 Å². The van der Waals surface area contributed by atoms with E-state index in [0.29, 0.717) is 16.6 Å². The van der Waals surface area contributed by atoms with E-state index in [-0.39, 0.29) is 5.82 Å². The maximum Gasteiger partial charge on any atom is 0.212 e. The van der Waals surface area contributed by atoms with Gasteiger partial charge in [-0.05, 0) is 12.1 Å². The monoisotopic (exact) mass is 190 g/mol. The lowest BCUT2D eigenvalue weighted by Crippen LogP contribution is -1.97. The number of nitrogens with zero attached hydrogens (tertiary/aromatic N) is 1. The lowest BCUT2D eigenvalue weighted by molar-refractivity contribution is -0.105. The maximum absolute atomic E-state index is 9.98. The van der Waals surface area contributed by atoms with Crippen LogP contribution in [0.15, 0.2) is 12.1 Å². The molecule has 0 spiro atoms. The summed E-state index contributed by atoms with van der Waals surface area (Å²) in [5.74, 6) is 0.272. The van der Waals surface area contributed by atoms with E-state index in [1.165, 1.54) is 0 Å². The first-order valence-corrected chi connectivity index (χ1v) is 3.52. The van der Waals surface area contributed by atoms with Crippen molar-refractivity contribution in [3.8, 4) is 0 Å². The molecule has 11 heavy (non-hydrogen) atoms. The second-order valence-corrected chi connectivity index (χ2v) is 2.52. The zero-order valence-electron chi connectivity index (χ0n) is 5.34. The number of pyridine rings is 1. The summed E-state index contributed by atoms with van der Waals surface area (Å²) in [6.45, 7) is 0. The summed E-state index contributed by atoms with van der Waals surface area (Å²) in [6, 6.07) is 3.10. The Morgan fingerprint density at radius 3 is 2.82 bits per heavy atom. The molecule has 0 aliphatic rings. The van der Waals surface area contributed by atoms with Crippen molar-refractivity contribution in [3.05, 3.63) is 22.3 Å². The van der Waals surface area contributed by atoms with Crippen molar-refractivity contribution in [2.75, 3.05) is 5.32 Å². The molecule has 0 radical (unpaired) electrons. The average molecular weight is 191 g/mol. The van der Waals surface area contributed by atoms with Crippen LogP contribution in [0.25, 0.3) is 0 Å². The molecule has 0 saturated carbocycles. The molecule has 3 nitrogen and oxygen atoms in total. The molecular weight excluding hydrogens is 187 g/mol. The highest BCUT2D eigenvalue weighted by Crippen LogP contribution is 2.20. The molecule has 1 aromatic heterocycles. The maximum atomic E-state index is 9.98. The van der Waals surface area contributed by atoms with Gasteiger partial charge in [0.2, 0.25) is 6.41 Å². The van der Waals surface area contributed by atoms with Gasteiger partial charge >= 0.3 is 0 Å². The van der Waals surface area contributed by atoms with Crippen LogP contribution in [-0.2, 0) is 4.79 Å². The van der Waals surface area contributed by atoms with Gasteiger partial charge in [-0.3, -0.25) is 4.79 Å². The molecule has 0 aliphatic carbocycles. The van der Waals surface area contributed by atoms with Crippen LogP contribution < -0.4 is 5.32 Å². The third-order valence-corrected chi connectivity index (χ3v) is 1.52. The molecular formula is C6H4Cl2N2O. The van der Waals surface area contributed by atoms with Crippen molar-refractivity contribution >= 4 is 35.4 Å². The third kappa shape index (κ3) is 2.06. The number of amides is 1. The molecule has 5 heteroatoms. The first kappa shape index (κ1) is 8.30. The quantitative estimate of drug-likeness (QED) is 0.573. The SMILES string of the molecule is O=CNc1nc(Cl)ccc1Cl. The first-order chi connectivity index (χ1) is 5.24. The molecule has 0 fully saturated rings. The van der Waals surface area contributed by atoms with Gasteiger partial charge in [-0.25, -0.2) is 4.98 Å². The Bertz CT molecular complexity index is 277. The Kier molecular flexibility index (Phi) is 2.68. The number of rotatable bonds is 2. The lowest BCUT2D eigenvalue weighted by Gasteiger charge is -1.99. The van der Waals surface area contributed by atoms with Crippen LogP contribution in [-0.4, -0.2) is 11.4 Å². The molecule has 0 bridgehead atoms. The summed E-state index contributed by atoms with van der Waals surface area (Å²) < 4.78 is 0. The summed E-state index contributed by atoms with van der Waals surface area (Å²) >= 11 is 11.2. The normalized spacial score (nSPS) is 9.27. The smallest absolute Gasteiger partial charge is 0.212 e. The lowest BCUT2D eigenvalue weighted by atomic mass is 10.4. The summed E-state index contributed by atoms with van der Waals surface area (Å²) in [5.41, 5.74) is 0. The third-order valence-electron chi connectivity index (χ3n) is 1.01. The second kappa shape index (κ2) is 3.55. The largest absolute Gasteiger partial charge is 0.312 e. The van der Waals surface area contributed by atoms with Crippen LogP contribution in [0.2, 0.25) is 10.2 Å². The molecule has 1 heterocycles. The Labute approximate surface area is 73.3 Å². The van der Waals surface area contributed by atoms with Gasteiger partial charge in [-0.15, -0.1) is 0 Å². The van der Waals surface area contributed by atoms with Crippen LogP contribution in [0.5, 0.6) is 0 Å². The number of aromatic nitrogens is 1. The number of nitrogens with one attached hydrogen (secondary N) is 1. The van der Waals surface area contributed by atoms with Crippen LogP contribution in [0, 0.1) is 0 Å².